The summed E-state index contributed by atoms with van der Waals surface area (Å²) in [5, 5.41) is 15.6. The van der Waals surface area contributed by atoms with Crippen LogP contribution in [0.15, 0.2) is 89.8 Å². The molecule has 14 heteroatoms. The van der Waals surface area contributed by atoms with Gasteiger partial charge in [-0.25, -0.2) is 13.4 Å². The summed E-state index contributed by atoms with van der Waals surface area (Å²) in [6.07, 6.45) is 2.35. The summed E-state index contributed by atoms with van der Waals surface area (Å²) in [4.78, 5) is 50.0. The Labute approximate surface area is 297 Å². The maximum atomic E-state index is 13.4. The number of hydrogen-bond acceptors (Lipinski definition) is 9. The largest absolute Gasteiger partial charge is 0.388 e. The zero-order valence-electron chi connectivity index (χ0n) is 28.6. The number of aromatic nitrogens is 2. The van der Waals surface area contributed by atoms with Gasteiger partial charge in [-0.2, -0.15) is 0 Å². The number of nitrogens with zero attached hydrogens (tertiary/aromatic N) is 5. The van der Waals surface area contributed by atoms with E-state index in [1.807, 2.05) is 0 Å². The third-order valence-electron chi connectivity index (χ3n) is 9.65. The number of likely N-dealkylation sites (N-methyl/N-ethyl adjacent to an activating group) is 1. The van der Waals surface area contributed by atoms with Crippen LogP contribution in [-0.2, 0) is 21.4 Å². The van der Waals surface area contributed by atoms with E-state index in [1.165, 1.54) is 10.9 Å². The highest BCUT2D eigenvalue weighted by Crippen LogP contribution is 2.30. The van der Waals surface area contributed by atoms with Gasteiger partial charge < -0.3 is 25.1 Å². The fourth-order valence-electron chi connectivity index (χ4n) is 6.50. The van der Waals surface area contributed by atoms with Crippen molar-refractivity contribution in [1.29, 1.82) is 0 Å². The Morgan fingerprint density at radius 1 is 0.980 bits per heavy atom. The minimum atomic E-state index is -3.70. The third kappa shape index (κ3) is 8.71. The molecule has 6 rings (SSSR count). The summed E-state index contributed by atoms with van der Waals surface area (Å²) in [5.74, 6) is -0.278. The number of hydrogen-bond donors (Lipinski definition) is 3. The summed E-state index contributed by atoms with van der Waals surface area (Å²) >= 11 is 0. The van der Waals surface area contributed by atoms with Gasteiger partial charge in [0.2, 0.25) is 5.91 Å². The number of carbonyl (C=O) groups is 2. The molecule has 2 amide bonds. The lowest BCUT2D eigenvalue weighted by Crippen LogP contribution is -2.49. The first-order valence-corrected chi connectivity index (χ1v) is 18.5. The maximum absolute atomic E-state index is 13.4. The molecule has 2 aliphatic heterocycles. The number of likely N-dealkylation sites (tertiary alicyclic amines) is 1. The second kappa shape index (κ2) is 15.2. The zero-order chi connectivity index (χ0) is 36.2. The molecule has 1 aromatic heterocycles. The summed E-state index contributed by atoms with van der Waals surface area (Å²) in [6, 6.07) is 18.9. The third-order valence-corrected chi connectivity index (χ3v) is 10.6. The minimum Gasteiger partial charge on any atom is -0.388 e. The van der Waals surface area contributed by atoms with Gasteiger partial charge in [0.05, 0.1) is 35.1 Å². The van der Waals surface area contributed by atoms with E-state index in [0.29, 0.717) is 59.5 Å². The minimum absolute atomic E-state index is 0.0330. The lowest BCUT2D eigenvalue weighted by Gasteiger charge is -2.38. The quantitative estimate of drug-likeness (QED) is 0.213. The number of piperazine rings is 1. The Balaban J connectivity index is 1.04. The summed E-state index contributed by atoms with van der Waals surface area (Å²) in [6.45, 7) is 8.55. The number of aliphatic hydroxyl groups is 1. The average molecular weight is 714 g/mol. The number of sulfonamides is 1. The molecule has 13 nitrogen and oxygen atoms in total. The van der Waals surface area contributed by atoms with E-state index < -0.39 is 15.6 Å². The predicted octanol–water partition coefficient (Wildman–Crippen LogP) is 3.19. The van der Waals surface area contributed by atoms with Crippen LogP contribution in [0.1, 0.15) is 29.6 Å². The molecule has 51 heavy (non-hydrogen) atoms. The molecule has 0 bridgehead atoms. The number of amides is 2. The van der Waals surface area contributed by atoms with Gasteiger partial charge in [-0.1, -0.05) is 36.9 Å². The van der Waals surface area contributed by atoms with Crippen LogP contribution < -0.4 is 15.6 Å². The second-order valence-corrected chi connectivity index (χ2v) is 14.9. The van der Waals surface area contributed by atoms with Crippen molar-refractivity contribution < 1.29 is 23.1 Å². The van der Waals surface area contributed by atoms with Crippen molar-refractivity contribution in [3.8, 4) is 11.1 Å². The van der Waals surface area contributed by atoms with Crippen LogP contribution in [0.2, 0.25) is 0 Å². The number of nitrogens with one attached hydrogen (secondary N) is 2. The molecule has 0 atom stereocenters. The maximum Gasteiger partial charge on any atom is 0.261 e. The molecule has 3 N–H and O–H groups in total. The zero-order valence-corrected chi connectivity index (χ0v) is 29.4. The van der Waals surface area contributed by atoms with Gasteiger partial charge >= 0.3 is 0 Å². The smallest absolute Gasteiger partial charge is 0.261 e. The van der Waals surface area contributed by atoms with Gasteiger partial charge in [0.15, 0.2) is 0 Å². The van der Waals surface area contributed by atoms with Crippen LogP contribution in [0.3, 0.4) is 0 Å². The van der Waals surface area contributed by atoms with Gasteiger partial charge in [0.1, 0.15) is 0 Å². The molecule has 0 saturated carbocycles. The van der Waals surface area contributed by atoms with Crippen LogP contribution in [0, 0.1) is 0 Å². The normalized spacial score (nSPS) is 16.9. The molecule has 2 saturated heterocycles. The van der Waals surface area contributed by atoms with Crippen molar-refractivity contribution in [2.24, 2.45) is 0 Å². The van der Waals surface area contributed by atoms with Crippen molar-refractivity contribution in [3.63, 3.8) is 0 Å². The predicted molar refractivity (Wildman–Crippen MR) is 198 cm³/mol. The van der Waals surface area contributed by atoms with Crippen molar-refractivity contribution >= 4 is 44.1 Å². The SMILES string of the molecule is C=CS(=O)(=O)Nc1ccccc1-c1ccc(C(=O)N2CCC(O)(Cn3cnc4cc(NC(=O)CCN5CCN(C)CC5)ccc4c3=O)CC2)cc1. The lowest BCUT2D eigenvalue weighted by atomic mass is 9.90. The van der Waals surface area contributed by atoms with Crippen molar-refractivity contribution in [2.45, 2.75) is 31.4 Å². The van der Waals surface area contributed by atoms with Crippen LogP contribution in [-0.4, -0.2) is 108 Å². The number of carbonyl (C=O) groups excluding carboxylic acids is 2. The van der Waals surface area contributed by atoms with Crippen LogP contribution in [0.25, 0.3) is 22.0 Å². The van der Waals surface area contributed by atoms with E-state index in [9.17, 15) is 27.9 Å². The molecule has 2 aliphatic rings. The Morgan fingerprint density at radius 3 is 2.39 bits per heavy atom. The van der Waals surface area contributed by atoms with Gasteiger partial charge in [0, 0.05) is 74.5 Å². The van der Waals surface area contributed by atoms with E-state index in [2.05, 4.69) is 38.4 Å². The molecule has 268 valence electrons. The first-order valence-electron chi connectivity index (χ1n) is 17.0. The van der Waals surface area contributed by atoms with Crippen molar-refractivity contribution in [2.75, 3.05) is 62.9 Å². The summed E-state index contributed by atoms with van der Waals surface area (Å²) in [7, 11) is -1.60. The molecule has 0 spiro atoms. The number of anilines is 2. The highest BCUT2D eigenvalue weighted by atomic mass is 32.2. The lowest BCUT2D eigenvalue weighted by molar-refractivity contribution is -0.116. The Hall–Kier alpha value is -4.89. The fraction of sp³-hybridized carbons (Fsp3) is 0.351. The first-order chi connectivity index (χ1) is 24.4. The monoisotopic (exact) mass is 713 g/mol. The van der Waals surface area contributed by atoms with Crippen LogP contribution >= 0.6 is 0 Å². The van der Waals surface area contributed by atoms with Gasteiger partial charge in [-0.15, -0.1) is 0 Å². The van der Waals surface area contributed by atoms with Crippen LogP contribution in [0.5, 0.6) is 0 Å². The highest BCUT2D eigenvalue weighted by molar-refractivity contribution is 7.95. The number of benzene rings is 3. The van der Waals surface area contributed by atoms with E-state index >= 15 is 0 Å². The molecular formula is C37H43N7O6S. The van der Waals surface area contributed by atoms with E-state index in [1.54, 1.807) is 71.6 Å². The highest BCUT2D eigenvalue weighted by Gasteiger charge is 2.35. The average Bonchev–Trinajstić information content (AvgIpc) is 3.13. The van der Waals surface area contributed by atoms with E-state index in [0.717, 1.165) is 37.2 Å². The van der Waals surface area contributed by atoms with Crippen molar-refractivity contribution in [3.05, 3.63) is 101 Å². The molecule has 0 aliphatic carbocycles. The van der Waals surface area contributed by atoms with Gasteiger partial charge in [-0.3, -0.25) is 23.7 Å². The number of fused-ring (bicyclic) bond motifs is 1. The number of piperidine rings is 1. The van der Waals surface area contributed by atoms with E-state index in [-0.39, 0.29) is 36.8 Å². The van der Waals surface area contributed by atoms with E-state index in [4.69, 9.17) is 0 Å². The molecule has 3 aromatic carbocycles. The molecule has 0 unspecified atom stereocenters. The Morgan fingerprint density at radius 2 is 1.69 bits per heavy atom. The molecule has 0 radical (unpaired) electrons. The molecule has 2 fully saturated rings. The first kappa shape index (κ1) is 35.9. The topological polar surface area (TPSA) is 157 Å². The Bertz CT molecular complexity index is 2080. The van der Waals surface area contributed by atoms with Crippen LogP contribution in [0.4, 0.5) is 11.4 Å². The van der Waals surface area contributed by atoms with Gasteiger partial charge in [0.25, 0.3) is 21.5 Å². The summed E-state index contributed by atoms with van der Waals surface area (Å²) in [5.41, 5.74) is 1.77. The van der Waals surface area contributed by atoms with Crippen molar-refractivity contribution in [1.82, 2.24) is 24.3 Å². The second-order valence-electron chi connectivity index (χ2n) is 13.3. The molecular weight excluding hydrogens is 671 g/mol. The fourth-order valence-corrected chi connectivity index (χ4v) is 7.07. The number of rotatable bonds is 11. The number of para-hydroxylation sites is 1. The Kier molecular flexibility index (Phi) is 10.7. The molecule has 4 aromatic rings. The molecule has 3 heterocycles. The summed E-state index contributed by atoms with van der Waals surface area (Å²) < 4.78 is 28.0. The van der Waals surface area contributed by atoms with Gasteiger partial charge in [-0.05, 0) is 61.9 Å². The standard InChI is InChI=1S/C37H43N7O6S/c1-3-51(49,50)40-32-7-5-4-6-30(32)27-8-10-28(11-9-27)35(46)43-18-15-37(48,16-19-43)25-44-26-38-33-24-29(12-13-31(33)36(44)47)39-34(45)14-17-42-22-20-41(2)21-23-42/h3-13,24,26,40,48H,1,14-23,25H2,2H3,(H,39,45).